The van der Waals surface area contributed by atoms with Crippen molar-refractivity contribution in [3.05, 3.63) is 96.2 Å². The zero-order valence-electron chi connectivity index (χ0n) is 18.7. The zero-order chi connectivity index (χ0) is 23.6. The summed E-state index contributed by atoms with van der Waals surface area (Å²) in [6.07, 6.45) is 1.55. The van der Waals surface area contributed by atoms with Crippen LogP contribution in [0, 0.1) is 11.3 Å². The molecule has 170 valence electrons. The quantitative estimate of drug-likeness (QED) is 0.297. The number of hydrogen-bond acceptors (Lipinski definition) is 7. The predicted molar refractivity (Wildman–Crippen MR) is 127 cm³/mol. The van der Waals surface area contributed by atoms with E-state index in [2.05, 4.69) is 16.0 Å². The smallest absolute Gasteiger partial charge is 0.261 e. The van der Waals surface area contributed by atoms with Crippen molar-refractivity contribution in [1.82, 2.24) is 9.97 Å². The first-order valence-electron chi connectivity index (χ1n) is 10.7. The maximum Gasteiger partial charge on any atom is 0.261 e. The molecule has 4 aromatic rings. The normalized spacial score (nSPS) is 10.4. The van der Waals surface area contributed by atoms with E-state index in [4.69, 9.17) is 18.9 Å². The minimum atomic E-state index is 0.265. The summed E-state index contributed by atoms with van der Waals surface area (Å²) in [6.45, 7) is 1.13. The topological polar surface area (TPSA) is 86.5 Å². The maximum absolute atomic E-state index is 9.21. The van der Waals surface area contributed by atoms with Gasteiger partial charge in [-0.05, 0) is 29.8 Å². The molecule has 0 aliphatic rings. The van der Waals surface area contributed by atoms with Crippen LogP contribution >= 0.6 is 0 Å². The van der Waals surface area contributed by atoms with Gasteiger partial charge < -0.3 is 18.9 Å². The number of nitriles is 1. The van der Waals surface area contributed by atoms with Crippen LogP contribution in [-0.4, -0.2) is 30.3 Å². The Balaban J connectivity index is 1.53. The molecule has 0 bridgehead atoms. The molecule has 0 unspecified atom stereocenters. The van der Waals surface area contributed by atoms with E-state index < -0.39 is 0 Å². The molecule has 0 saturated carbocycles. The summed E-state index contributed by atoms with van der Waals surface area (Å²) in [4.78, 5) is 8.98. The Bertz CT molecular complexity index is 1270. The van der Waals surface area contributed by atoms with Gasteiger partial charge in [0.05, 0.1) is 38.2 Å². The summed E-state index contributed by atoms with van der Waals surface area (Å²) in [7, 11) is 1.57. The first kappa shape index (κ1) is 22.8. The van der Waals surface area contributed by atoms with Gasteiger partial charge in [-0.2, -0.15) is 10.2 Å². The number of nitrogens with zero attached hydrogens (tertiary/aromatic N) is 3. The van der Waals surface area contributed by atoms with E-state index in [1.807, 2.05) is 48.5 Å². The molecule has 0 radical (unpaired) electrons. The Labute approximate surface area is 198 Å². The second-order valence-electron chi connectivity index (χ2n) is 7.20. The van der Waals surface area contributed by atoms with E-state index in [0.717, 1.165) is 5.56 Å². The van der Waals surface area contributed by atoms with Gasteiger partial charge in [0.25, 0.3) is 5.88 Å². The van der Waals surface area contributed by atoms with Crippen molar-refractivity contribution in [1.29, 1.82) is 5.26 Å². The van der Waals surface area contributed by atoms with Crippen LogP contribution in [0.5, 0.6) is 23.1 Å². The van der Waals surface area contributed by atoms with E-state index in [-0.39, 0.29) is 12.5 Å². The molecule has 0 N–H and O–H groups in total. The second-order valence-corrected chi connectivity index (χ2v) is 7.20. The third-order valence-corrected chi connectivity index (χ3v) is 4.84. The number of ether oxygens (including phenoxy) is 4. The zero-order valence-corrected chi connectivity index (χ0v) is 18.7. The van der Waals surface area contributed by atoms with Crippen LogP contribution in [0.4, 0.5) is 0 Å². The Morgan fingerprint density at radius 1 is 0.853 bits per heavy atom. The van der Waals surface area contributed by atoms with Crippen LogP contribution < -0.4 is 14.2 Å². The summed E-state index contributed by atoms with van der Waals surface area (Å²) >= 11 is 0. The molecule has 7 nitrogen and oxygen atoms in total. The fraction of sp³-hybridized carbons (Fsp3) is 0.148. The Morgan fingerprint density at radius 2 is 1.65 bits per heavy atom. The molecule has 1 heterocycles. The van der Waals surface area contributed by atoms with Crippen molar-refractivity contribution >= 4 is 0 Å². The largest absolute Gasteiger partial charge is 0.493 e. The summed E-state index contributed by atoms with van der Waals surface area (Å²) in [5.41, 5.74) is 2.31. The number of rotatable bonds is 10. The third kappa shape index (κ3) is 5.88. The lowest BCUT2D eigenvalue weighted by Gasteiger charge is -2.14. The monoisotopic (exact) mass is 453 g/mol. The molecule has 4 rings (SSSR count). The molecule has 0 spiro atoms. The highest BCUT2D eigenvalue weighted by molar-refractivity contribution is 5.59. The van der Waals surface area contributed by atoms with Crippen molar-refractivity contribution in [2.45, 2.75) is 6.61 Å². The van der Waals surface area contributed by atoms with Gasteiger partial charge >= 0.3 is 0 Å². The molecule has 0 saturated heterocycles. The van der Waals surface area contributed by atoms with Crippen molar-refractivity contribution in [2.75, 3.05) is 20.3 Å². The van der Waals surface area contributed by atoms with Crippen LogP contribution in [0.15, 0.2) is 85.1 Å². The number of hydrogen-bond donors (Lipinski definition) is 0. The summed E-state index contributed by atoms with van der Waals surface area (Å²) in [5.74, 6) is 2.11. The Kier molecular flexibility index (Phi) is 7.67. The summed E-state index contributed by atoms with van der Waals surface area (Å²) in [6, 6.07) is 26.4. The van der Waals surface area contributed by atoms with Crippen LogP contribution in [0.25, 0.3) is 11.4 Å². The number of benzene rings is 3. The van der Waals surface area contributed by atoms with Gasteiger partial charge in [-0.25, -0.2) is 4.98 Å². The highest BCUT2D eigenvalue weighted by Crippen LogP contribution is 2.35. The molecule has 0 fully saturated rings. The average molecular weight is 453 g/mol. The summed E-state index contributed by atoms with van der Waals surface area (Å²) < 4.78 is 23.0. The number of para-hydroxylation sites is 2. The van der Waals surface area contributed by atoms with E-state index in [1.165, 1.54) is 0 Å². The molecular formula is C27H23N3O4. The fourth-order valence-corrected chi connectivity index (χ4v) is 3.18. The first-order valence-corrected chi connectivity index (χ1v) is 10.7. The second kappa shape index (κ2) is 11.5. The standard InChI is InChI=1S/C27H23N3O4/c1-31-23-12-5-6-13-24(23)34-25-18-29-26(22-11-7-10-21(16-22)17-28)30-27(25)33-15-14-32-19-20-8-3-2-4-9-20/h2-13,16,18H,14-15,19H2,1H3. The lowest BCUT2D eigenvalue weighted by atomic mass is 10.1. The van der Waals surface area contributed by atoms with Crippen LogP contribution in [0.2, 0.25) is 0 Å². The van der Waals surface area contributed by atoms with Crippen LogP contribution in [0.3, 0.4) is 0 Å². The van der Waals surface area contributed by atoms with Gasteiger partial charge in [-0.3, -0.25) is 0 Å². The molecule has 1 aromatic heterocycles. The number of methoxy groups -OCH3 is 1. The minimum absolute atomic E-state index is 0.265. The lowest BCUT2D eigenvalue weighted by molar-refractivity contribution is 0.0866. The highest BCUT2D eigenvalue weighted by atomic mass is 16.6. The first-order chi connectivity index (χ1) is 16.8. The molecule has 0 amide bonds. The van der Waals surface area contributed by atoms with Gasteiger partial charge in [0.15, 0.2) is 17.3 Å². The van der Waals surface area contributed by atoms with E-state index in [0.29, 0.717) is 47.4 Å². The van der Waals surface area contributed by atoms with Crippen LogP contribution in [-0.2, 0) is 11.3 Å². The van der Waals surface area contributed by atoms with Crippen molar-refractivity contribution in [3.8, 4) is 40.6 Å². The molecule has 0 aliphatic carbocycles. The third-order valence-electron chi connectivity index (χ3n) is 4.84. The molecule has 7 heteroatoms. The number of aromatic nitrogens is 2. The van der Waals surface area contributed by atoms with E-state index >= 15 is 0 Å². The average Bonchev–Trinajstić information content (AvgIpc) is 2.90. The maximum atomic E-state index is 9.21. The van der Waals surface area contributed by atoms with Crippen molar-refractivity contribution in [2.24, 2.45) is 0 Å². The van der Waals surface area contributed by atoms with E-state index in [1.54, 1.807) is 43.6 Å². The molecular weight excluding hydrogens is 430 g/mol. The Hall–Kier alpha value is -4.41. The molecule has 34 heavy (non-hydrogen) atoms. The minimum Gasteiger partial charge on any atom is -0.493 e. The highest BCUT2D eigenvalue weighted by Gasteiger charge is 2.15. The van der Waals surface area contributed by atoms with Crippen LogP contribution in [0.1, 0.15) is 11.1 Å². The predicted octanol–water partition coefficient (Wildman–Crippen LogP) is 5.41. The van der Waals surface area contributed by atoms with Crippen molar-refractivity contribution < 1.29 is 18.9 Å². The van der Waals surface area contributed by atoms with Gasteiger partial charge in [0, 0.05) is 5.56 Å². The van der Waals surface area contributed by atoms with Gasteiger partial charge in [-0.15, -0.1) is 0 Å². The fourth-order valence-electron chi connectivity index (χ4n) is 3.18. The Morgan fingerprint density at radius 3 is 2.44 bits per heavy atom. The van der Waals surface area contributed by atoms with Gasteiger partial charge in [0.2, 0.25) is 5.75 Å². The van der Waals surface area contributed by atoms with Gasteiger partial charge in [-0.1, -0.05) is 54.6 Å². The van der Waals surface area contributed by atoms with E-state index in [9.17, 15) is 5.26 Å². The SMILES string of the molecule is COc1ccccc1Oc1cnc(-c2cccc(C#N)c2)nc1OCCOCc1ccccc1. The van der Waals surface area contributed by atoms with Gasteiger partial charge in [0.1, 0.15) is 6.61 Å². The molecule has 3 aromatic carbocycles. The molecule has 0 aliphatic heterocycles. The van der Waals surface area contributed by atoms with Crippen molar-refractivity contribution in [3.63, 3.8) is 0 Å². The lowest BCUT2D eigenvalue weighted by Crippen LogP contribution is -2.09. The summed E-state index contributed by atoms with van der Waals surface area (Å²) in [5, 5.41) is 9.21. The molecule has 0 atom stereocenters.